The van der Waals surface area contributed by atoms with E-state index in [2.05, 4.69) is 17.4 Å². The van der Waals surface area contributed by atoms with Crippen molar-refractivity contribution in [1.29, 1.82) is 0 Å². The van der Waals surface area contributed by atoms with Gasteiger partial charge in [0.15, 0.2) is 12.4 Å². The summed E-state index contributed by atoms with van der Waals surface area (Å²) < 4.78 is 42.5. The van der Waals surface area contributed by atoms with E-state index in [1.165, 1.54) is 5.56 Å². The van der Waals surface area contributed by atoms with E-state index in [1.54, 1.807) is 6.07 Å². The van der Waals surface area contributed by atoms with Crippen LogP contribution in [0, 0.1) is 0 Å². The van der Waals surface area contributed by atoms with Crippen molar-refractivity contribution >= 4 is 23.8 Å². The second-order valence-electron chi connectivity index (χ2n) is 9.53. The highest BCUT2D eigenvalue weighted by atomic mass is 19.4. The van der Waals surface area contributed by atoms with E-state index in [0.717, 1.165) is 44.2 Å². The van der Waals surface area contributed by atoms with E-state index in [0.29, 0.717) is 31.1 Å². The van der Waals surface area contributed by atoms with Gasteiger partial charge < -0.3 is 24.8 Å². The summed E-state index contributed by atoms with van der Waals surface area (Å²) in [6.45, 7) is 5.83. The number of phenols is 1. The third-order valence-corrected chi connectivity index (χ3v) is 6.09. The molecule has 0 aromatic heterocycles. The third-order valence-electron chi connectivity index (χ3n) is 6.09. The molecule has 0 fully saturated rings. The van der Waals surface area contributed by atoms with Gasteiger partial charge in [-0.05, 0) is 56.7 Å². The quantitative estimate of drug-likeness (QED) is 0.199. The standard InChI is InChI=1S/C27H36N2O5.C2HF3O/c1-20(2)29(25(32)15-18-33-17-14-21-9-5-3-6-10-21)16-8-4-7-11-22-12-13-23(30)26-27(22)34-19-24(31)28-26;3-2(4,5)1-6/h3,5-6,9-10,12-13,20,30H,4,7-8,11,14-19H2,1-2H3,(H,28,31);1H. The van der Waals surface area contributed by atoms with Crippen LogP contribution in [0.2, 0.25) is 0 Å². The Balaban J connectivity index is 0.000000840. The van der Waals surface area contributed by atoms with Gasteiger partial charge in [-0.1, -0.05) is 42.8 Å². The molecule has 40 heavy (non-hydrogen) atoms. The fourth-order valence-electron chi connectivity index (χ4n) is 4.10. The van der Waals surface area contributed by atoms with Gasteiger partial charge >= 0.3 is 6.18 Å². The number of nitrogens with one attached hydrogen (secondary N) is 1. The molecule has 0 saturated heterocycles. The maximum atomic E-state index is 12.7. The summed E-state index contributed by atoms with van der Waals surface area (Å²) in [5.41, 5.74) is 2.57. The Morgan fingerprint density at radius 1 is 1.10 bits per heavy atom. The number of benzene rings is 2. The summed E-state index contributed by atoms with van der Waals surface area (Å²) in [4.78, 5) is 34.9. The Hall–Kier alpha value is -3.60. The molecule has 11 heteroatoms. The average Bonchev–Trinajstić information content (AvgIpc) is 2.92. The number of nitrogens with zero attached hydrogens (tertiary/aromatic N) is 1. The fourth-order valence-corrected chi connectivity index (χ4v) is 4.10. The lowest BCUT2D eigenvalue weighted by atomic mass is 10.0. The van der Waals surface area contributed by atoms with Crippen molar-refractivity contribution in [3.63, 3.8) is 0 Å². The SMILES string of the molecule is CC(C)N(CCCCCc1ccc(O)c2c1OCC(=O)N2)C(=O)CCOCCc1ccccc1.O=CC(F)(F)F. The molecular formula is C29H37F3N2O6. The number of aldehydes is 1. The minimum atomic E-state index is -4.64. The molecule has 3 rings (SSSR count). The monoisotopic (exact) mass is 566 g/mol. The van der Waals surface area contributed by atoms with Crippen molar-refractivity contribution in [1.82, 2.24) is 4.90 Å². The Morgan fingerprint density at radius 2 is 1.80 bits per heavy atom. The lowest BCUT2D eigenvalue weighted by molar-refractivity contribution is -0.156. The minimum Gasteiger partial charge on any atom is -0.506 e. The van der Waals surface area contributed by atoms with Gasteiger partial charge in [-0.25, -0.2) is 0 Å². The number of carbonyl (C=O) groups is 3. The van der Waals surface area contributed by atoms with Gasteiger partial charge in [0.25, 0.3) is 5.91 Å². The van der Waals surface area contributed by atoms with Crippen molar-refractivity contribution in [3.05, 3.63) is 53.6 Å². The van der Waals surface area contributed by atoms with Gasteiger partial charge in [-0.3, -0.25) is 14.4 Å². The number of halogens is 3. The number of ether oxygens (including phenoxy) is 2. The normalized spacial score (nSPS) is 12.5. The molecule has 0 aliphatic carbocycles. The number of fused-ring (bicyclic) bond motifs is 1. The Bertz CT molecular complexity index is 1090. The summed E-state index contributed by atoms with van der Waals surface area (Å²) >= 11 is 0. The Kier molecular flexibility index (Phi) is 13.4. The van der Waals surface area contributed by atoms with Gasteiger partial charge in [-0.2, -0.15) is 13.2 Å². The van der Waals surface area contributed by atoms with Crippen LogP contribution in [-0.4, -0.2) is 66.7 Å². The van der Waals surface area contributed by atoms with Crippen LogP contribution in [0.5, 0.6) is 11.5 Å². The smallest absolute Gasteiger partial charge is 0.446 e. The number of aromatic hydroxyl groups is 1. The molecule has 0 bridgehead atoms. The molecule has 220 valence electrons. The van der Waals surface area contributed by atoms with Gasteiger partial charge in [0.2, 0.25) is 12.2 Å². The molecule has 0 unspecified atom stereocenters. The Morgan fingerprint density at radius 3 is 2.45 bits per heavy atom. The average molecular weight is 567 g/mol. The topological polar surface area (TPSA) is 105 Å². The van der Waals surface area contributed by atoms with E-state index in [-0.39, 0.29) is 30.2 Å². The van der Waals surface area contributed by atoms with Crippen LogP contribution < -0.4 is 10.1 Å². The van der Waals surface area contributed by atoms with Gasteiger partial charge in [0.05, 0.1) is 19.6 Å². The van der Waals surface area contributed by atoms with Crippen LogP contribution >= 0.6 is 0 Å². The first-order valence-corrected chi connectivity index (χ1v) is 13.2. The summed E-state index contributed by atoms with van der Waals surface area (Å²) in [6, 6.07) is 13.8. The van der Waals surface area contributed by atoms with Crippen LogP contribution in [0.15, 0.2) is 42.5 Å². The summed E-state index contributed by atoms with van der Waals surface area (Å²) in [6.07, 6.45) is -0.864. The summed E-state index contributed by atoms with van der Waals surface area (Å²) in [5, 5.41) is 12.7. The first kappa shape index (κ1) is 32.6. The molecule has 2 aromatic rings. The van der Waals surface area contributed by atoms with Crippen molar-refractivity contribution in [3.8, 4) is 11.5 Å². The Labute approximate surface area is 232 Å². The van der Waals surface area contributed by atoms with Crippen molar-refractivity contribution in [2.45, 2.75) is 64.6 Å². The second-order valence-corrected chi connectivity index (χ2v) is 9.53. The second kappa shape index (κ2) is 16.5. The number of phenolic OH excluding ortho intramolecular Hbond substituents is 1. The first-order valence-electron chi connectivity index (χ1n) is 13.2. The molecule has 8 nitrogen and oxygen atoms in total. The third kappa shape index (κ3) is 11.6. The van der Waals surface area contributed by atoms with E-state index in [9.17, 15) is 27.9 Å². The zero-order valence-electron chi connectivity index (χ0n) is 22.8. The highest BCUT2D eigenvalue weighted by Gasteiger charge is 2.25. The number of aryl methyl sites for hydroxylation is 1. The number of rotatable bonds is 13. The number of anilines is 1. The van der Waals surface area contributed by atoms with E-state index < -0.39 is 12.5 Å². The maximum absolute atomic E-state index is 12.7. The van der Waals surface area contributed by atoms with Crippen molar-refractivity contribution in [2.75, 3.05) is 31.7 Å². The number of unbranched alkanes of at least 4 members (excludes halogenated alkanes) is 2. The highest BCUT2D eigenvalue weighted by molar-refractivity contribution is 5.97. The molecule has 2 N–H and O–H groups in total. The fraction of sp³-hybridized carbons (Fsp3) is 0.483. The molecule has 0 saturated carbocycles. The molecule has 1 aliphatic heterocycles. The van der Waals surface area contributed by atoms with E-state index in [4.69, 9.17) is 14.3 Å². The molecular weight excluding hydrogens is 529 g/mol. The highest BCUT2D eigenvalue weighted by Crippen LogP contribution is 2.39. The first-order chi connectivity index (χ1) is 19.0. The molecule has 1 aliphatic rings. The largest absolute Gasteiger partial charge is 0.506 e. The molecule has 2 amide bonds. The van der Waals surface area contributed by atoms with Crippen molar-refractivity contribution in [2.24, 2.45) is 0 Å². The van der Waals surface area contributed by atoms with Gasteiger partial charge in [-0.15, -0.1) is 0 Å². The molecule has 0 radical (unpaired) electrons. The van der Waals surface area contributed by atoms with Crippen LogP contribution in [0.3, 0.4) is 0 Å². The lowest BCUT2D eigenvalue weighted by Crippen LogP contribution is -2.38. The number of hydrogen-bond donors (Lipinski definition) is 2. The zero-order chi connectivity index (χ0) is 29.5. The molecule has 0 spiro atoms. The predicted molar refractivity (Wildman–Crippen MR) is 144 cm³/mol. The minimum absolute atomic E-state index is 0.0157. The predicted octanol–water partition coefficient (Wildman–Crippen LogP) is 5.07. The summed E-state index contributed by atoms with van der Waals surface area (Å²) in [7, 11) is 0. The summed E-state index contributed by atoms with van der Waals surface area (Å²) in [5.74, 6) is 0.444. The van der Waals surface area contributed by atoms with Crippen LogP contribution in [0.4, 0.5) is 18.9 Å². The number of hydrogen-bond acceptors (Lipinski definition) is 6. The maximum Gasteiger partial charge on any atom is 0.446 e. The van der Waals surface area contributed by atoms with Crippen LogP contribution in [-0.2, 0) is 32.0 Å². The van der Waals surface area contributed by atoms with E-state index >= 15 is 0 Å². The van der Waals surface area contributed by atoms with Crippen LogP contribution in [0.25, 0.3) is 0 Å². The lowest BCUT2D eigenvalue weighted by Gasteiger charge is -2.27. The van der Waals surface area contributed by atoms with Gasteiger partial charge in [0.1, 0.15) is 11.4 Å². The van der Waals surface area contributed by atoms with E-state index in [1.807, 2.05) is 43.0 Å². The number of alkyl halides is 3. The molecule has 1 heterocycles. The van der Waals surface area contributed by atoms with Gasteiger partial charge in [0, 0.05) is 12.6 Å². The number of carbonyl (C=O) groups excluding carboxylic acids is 3. The molecule has 0 atom stereocenters. The van der Waals surface area contributed by atoms with Crippen molar-refractivity contribution < 1.29 is 42.1 Å². The molecule has 2 aromatic carbocycles. The zero-order valence-corrected chi connectivity index (χ0v) is 22.8. The van der Waals surface area contributed by atoms with Crippen LogP contribution in [0.1, 0.15) is 50.7 Å². The number of amides is 2.